The molecule has 0 saturated carbocycles. The number of pyridine rings is 1. The molecule has 0 radical (unpaired) electrons. The van der Waals surface area contributed by atoms with Crippen LogP contribution >= 0.6 is 0 Å². The zero-order valence-corrected chi connectivity index (χ0v) is 13.1. The normalized spacial score (nSPS) is 10.1. The zero-order valence-electron chi connectivity index (χ0n) is 13.1. The van der Waals surface area contributed by atoms with Gasteiger partial charge in [0.15, 0.2) is 0 Å². The number of aryl methyl sites for hydroxylation is 1. The summed E-state index contributed by atoms with van der Waals surface area (Å²) in [7, 11) is 0. The lowest BCUT2D eigenvalue weighted by Crippen LogP contribution is -2.16. The third-order valence-corrected chi connectivity index (χ3v) is 3.17. The number of aromatic amines is 1. The highest BCUT2D eigenvalue weighted by atomic mass is 19.1. The number of nitrogens with zero attached hydrogens (tertiary/aromatic N) is 1. The van der Waals surface area contributed by atoms with Crippen LogP contribution in [0.3, 0.4) is 0 Å². The summed E-state index contributed by atoms with van der Waals surface area (Å²) in [6.07, 6.45) is 3.13. The molecular weight excluding hydrogens is 300 g/mol. The molecule has 0 bridgehead atoms. The van der Waals surface area contributed by atoms with E-state index in [1.165, 1.54) is 19.2 Å². The van der Waals surface area contributed by atoms with Crippen molar-refractivity contribution in [3.05, 3.63) is 59.4 Å². The summed E-state index contributed by atoms with van der Waals surface area (Å²) in [4.78, 5) is 19.1. The van der Waals surface area contributed by atoms with Crippen LogP contribution in [0.15, 0.2) is 36.7 Å². The fourth-order valence-corrected chi connectivity index (χ4v) is 2.07. The Morgan fingerprint density at radius 3 is 2.70 bits per heavy atom. The molecule has 3 rings (SSSR count). The van der Waals surface area contributed by atoms with Crippen molar-refractivity contribution < 1.29 is 13.6 Å². The zero-order chi connectivity index (χ0) is 17.0. The van der Waals surface area contributed by atoms with E-state index in [-0.39, 0.29) is 5.56 Å². The number of amides is 1. The molecule has 23 heavy (non-hydrogen) atoms. The van der Waals surface area contributed by atoms with Crippen LogP contribution in [0.25, 0.3) is 11.0 Å². The van der Waals surface area contributed by atoms with Crippen molar-refractivity contribution in [1.82, 2.24) is 9.97 Å². The molecule has 0 unspecified atom stereocenters. The fraction of sp³-hybridized carbons (Fsp3) is 0.176. The van der Waals surface area contributed by atoms with Crippen LogP contribution in [-0.2, 0) is 0 Å². The smallest absolute Gasteiger partial charge is 0.261 e. The number of carbonyl (C=O) groups is 1. The summed E-state index contributed by atoms with van der Waals surface area (Å²) in [5, 5.41) is 3.24. The van der Waals surface area contributed by atoms with Crippen molar-refractivity contribution in [2.45, 2.75) is 20.8 Å². The average Bonchev–Trinajstić information content (AvgIpc) is 3.01. The first kappa shape index (κ1) is 16.6. The second-order valence-corrected chi connectivity index (χ2v) is 4.65. The van der Waals surface area contributed by atoms with E-state index < -0.39 is 23.1 Å². The number of benzene rings is 1. The molecule has 0 aliphatic rings. The monoisotopic (exact) mass is 317 g/mol. The van der Waals surface area contributed by atoms with Crippen LogP contribution < -0.4 is 5.32 Å². The van der Waals surface area contributed by atoms with Gasteiger partial charge < -0.3 is 10.3 Å². The first-order chi connectivity index (χ1) is 11.1. The Bertz CT molecular complexity index is 843. The number of rotatable bonds is 2. The number of anilines is 1. The van der Waals surface area contributed by atoms with Crippen LogP contribution in [0.1, 0.15) is 29.8 Å². The minimum atomic E-state index is -0.897. The molecule has 0 saturated heterocycles. The van der Waals surface area contributed by atoms with Crippen molar-refractivity contribution in [2.75, 3.05) is 5.32 Å². The summed E-state index contributed by atoms with van der Waals surface area (Å²) in [6, 6.07) is 5.81. The number of hydrogen-bond donors (Lipinski definition) is 2. The minimum Gasteiger partial charge on any atom is -0.346 e. The molecule has 4 nitrogen and oxygen atoms in total. The van der Waals surface area contributed by atoms with Gasteiger partial charge >= 0.3 is 0 Å². The maximum atomic E-state index is 13.9. The van der Waals surface area contributed by atoms with Gasteiger partial charge in [0.25, 0.3) is 5.91 Å². The largest absolute Gasteiger partial charge is 0.346 e. The highest BCUT2D eigenvalue weighted by Crippen LogP contribution is 2.20. The lowest BCUT2D eigenvalue weighted by Gasteiger charge is -2.08. The topological polar surface area (TPSA) is 57.8 Å². The Morgan fingerprint density at radius 2 is 1.96 bits per heavy atom. The van der Waals surface area contributed by atoms with E-state index in [1.807, 2.05) is 13.8 Å². The second-order valence-electron chi connectivity index (χ2n) is 4.65. The lowest BCUT2D eigenvalue weighted by atomic mass is 10.1. The number of hydrogen-bond acceptors (Lipinski definition) is 2. The highest BCUT2D eigenvalue weighted by Gasteiger charge is 2.19. The van der Waals surface area contributed by atoms with E-state index >= 15 is 0 Å². The number of aromatic nitrogens is 2. The second kappa shape index (κ2) is 7.00. The van der Waals surface area contributed by atoms with Gasteiger partial charge in [0, 0.05) is 11.6 Å². The van der Waals surface area contributed by atoms with Crippen molar-refractivity contribution in [3.8, 4) is 0 Å². The predicted molar refractivity (Wildman–Crippen MR) is 86.5 cm³/mol. The van der Waals surface area contributed by atoms with Gasteiger partial charge in [-0.3, -0.25) is 4.79 Å². The van der Waals surface area contributed by atoms with Gasteiger partial charge in [0.05, 0.1) is 11.9 Å². The van der Waals surface area contributed by atoms with E-state index in [0.29, 0.717) is 11.3 Å². The van der Waals surface area contributed by atoms with E-state index in [0.717, 1.165) is 11.5 Å². The third-order valence-electron chi connectivity index (χ3n) is 3.17. The fourth-order valence-electron chi connectivity index (χ4n) is 2.07. The Morgan fingerprint density at radius 1 is 1.22 bits per heavy atom. The molecule has 2 N–H and O–H groups in total. The Kier molecular flexibility index (Phi) is 5.05. The number of halogens is 2. The number of fused-ring (bicyclic) bond motifs is 1. The van der Waals surface area contributed by atoms with Crippen LogP contribution in [-0.4, -0.2) is 15.9 Å². The molecule has 0 fully saturated rings. The Hall–Kier alpha value is -2.76. The van der Waals surface area contributed by atoms with Crippen LogP contribution in [0.2, 0.25) is 0 Å². The number of H-pyrrole nitrogens is 1. The van der Waals surface area contributed by atoms with E-state index in [9.17, 15) is 13.6 Å². The van der Waals surface area contributed by atoms with Crippen LogP contribution in [0.5, 0.6) is 0 Å². The van der Waals surface area contributed by atoms with Crippen LogP contribution in [0.4, 0.5) is 14.5 Å². The highest BCUT2D eigenvalue weighted by molar-refractivity contribution is 6.05. The first-order valence-corrected chi connectivity index (χ1v) is 7.25. The summed E-state index contributed by atoms with van der Waals surface area (Å²) in [5.41, 5.74) is 0.651. The number of carbonyl (C=O) groups excluding carboxylic acids is 1. The summed E-state index contributed by atoms with van der Waals surface area (Å²) < 4.78 is 27.6. The van der Waals surface area contributed by atoms with Gasteiger partial charge in [-0.05, 0) is 30.7 Å². The predicted octanol–water partition coefficient (Wildman–Crippen LogP) is 4.43. The molecule has 1 amide bonds. The quantitative estimate of drug-likeness (QED) is 0.734. The maximum absolute atomic E-state index is 13.9. The molecule has 120 valence electrons. The molecule has 6 heteroatoms. The average molecular weight is 317 g/mol. The first-order valence-electron chi connectivity index (χ1n) is 7.25. The molecule has 0 aliphatic carbocycles. The van der Waals surface area contributed by atoms with Gasteiger partial charge in [-0.2, -0.15) is 0 Å². The van der Waals surface area contributed by atoms with Gasteiger partial charge in [-0.25, -0.2) is 13.8 Å². The molecular formula is C17H17F2N3O. The lowest BCUT2D eigenvalue weighted by molar-refractivity contribution is 0.101. The van der Waals surface area contributed by atoms with Gasteiger partial charge in [-0.1, -0.05) is 19.9 Å². The van der Waals surface area contributed by atoms with Crippen molar-refractivity contribution in [3.63, 3.8) is 0 Å². The molecule has 3 aromatic rings. The molecule has 0 spiro atoms. The van der Waals surface area contributed by atoms with Crippen molar-refractivity contribution in [2.24, 2.45) is 0 Å². The molecule has 0 aliphatic heterocycles. The number of nitrogens with one attached hydrogen (secondary N) is 2. The maximum Gasteiger partial charge on any atom is 0.261 e. The standard InChI is InChI=1S/C15H11F2N3O.C2H6/c1-8-2-3-11(16)12(13(8)17)15(21)20-10-6-9-4-5-18-14(9)19-7-10;1-2/h2-7H,1H3,(H,18,19)(H,20,21);1-2H3. The molecule has 0 atom stereocenters. The minimum absolute atomic E-state index is 0.209. The van der Waals surface area contributed by atoms with Gasteiger partial charge in [0.2, 0.25) is 0 Å². The SMILES string of the molecule is CC.Cc1ccc(F)c(C(=O)Nc2cnc3[nH]ccc3c2)c1F. The molecule has 2 heterocycles. The van der Waals surface area contributed by atoms with Gasteiger partial charge in [-0.15, -0.1) is 0 Å². The van der Waals surface area contributed by atoms with Gasteiger partial charge in [0.1, 0.15) is 22.8 Å². The van der Waals surface area contributed by atoms with E-state index in [4.69, 9.17) is 0 Å². The summed E-state index contributed by atoms with van der Waals surface area (Å²) in [5.74, 6) is -2.60. The van der Waals surface area contributed by atoms with E-state index in [2.05, 4.69) is 15.3 Å². The van der Waals surface area contributed by atoms with Crippen molar-refractivity contribution in [1.29, 1.82) is 0 Å². The molecule has 2 aromatic heterocycles. The Balaban J connectivity index is 0.000000924. The summed E-state index contributed by atoms with van der Waals surface area (Å²) in [6.45, 7) is 5.47. The van der Waals surface area contributed by atoms with E-state index in [1.54, 1.807) is 18.3 Å². The Labute approximate surface area is 132 Å². The summed E-state index contributed by atoms with van der Waals surface area (Å²) >= 11 is 0. The van der Waals surface area contributed by atoms with Crippen LogP contribution in [0, 0.1) is 18.6 Å². The molecule has 1 aromatic carbocycles. The third kappa shape index (κ3) is 3.36. The van der Waals surface area contributed by atoms with Crippen molar-refractivity contribution >= 4 is 22.6 Å².